The molecule has 0 aromatic heterocycles. The van der Waals surface area contributed by atoms with E-state index in [1.165, 1.54) is 12.1 Å². The number of benzene rings is 1. The Hall–Kier alpha value is -1.66. The number of aryl methyl sites for hydroxylation is 1. The van der Waals surface area contributed by atoms with Crippen molar-refractivity contribution in [1.29, 1.82) is 0 Å². The van der Waals surface area contributed by atoms with Crippen LogP contribution in [0.1, 0.15) is 26.3 Å². The SMILES string of the molecule is Cc1cc([N+](=O)[O-])c(Cl)cc1NC(=O)[C@H](N)C(C)(C)C. The fourth-order valence-electron chi connectivity index (χ4n) is 1.54. The zero-order chi connectivity index (χ0) is 15.7. The van der Waals surface area contributed by atoms with Gasteiger partial charge in [0.1, 0.15) is 5.02 Å². The number of nitrogens with two attached hydrogens (primary N) is 1. The minimum absolute atomic E-state index is 0.0276. The van der Waals surface area contributed by atoms with E-state index in [4.69, 9.17) is 17.3 Å². The summed E-state index contributed by atoms with van der Waals surface area (Å²) < 4.78 is 0. The van der Waals surface area contributed by atoms with Crippen molar-refractivity contribution in [2.75, 3.05) is 5.32 Å². The van der Waals surface area contributed by atoms with E-state index in [-0.39, 0.29) is 22.0 Å². The van der Waals surface area contributed by atoms with Crippen LogP contribution in [0.5, 0.6) is 0 Å². The molecule has 3 N–H and O–H groups in total. The molecular weight excluding hydrogens is 282 g/mol. The van der Waals surface area contributed by atoms with Gasteiger partial charge in [0, 0.05) is 11.8 Å². The van der Waals surface area contributed by atoms with Crippen LogP contribution >= 0.6 is 11.6 Å². The molecule has 1 aromatic rings. The Labute approximate surface area is 122 Å². The summed E-state index contributed by atoms with van der Waals surface area (Å²) in [6, 6.07) is 1.99. The number of halogens is 1. The molecule has 1 atom stereocenters. The molecule has 0 saturated heterocycles. The van der Waals surface area contributed by atoms with Gasteiger partial charge in [-0.2, -0.15) is 0 Å². The molecule has 0 heterocycles. The van der Waals surface area contributed by atoms with Gasteiger partial charge in [-0.05, 0) is 24.0 Å². The predicted molar refractivity (Wildman–Crippen MR) is 78.9 cm³/mol. The van der Waals surface area contributed by atoms with E-state index in [1.807, 2.05) is 20.8 Å². The van der Waals surface area contributed by atoms with Gasteiger partial charge in [0.05, 0.1) is 11.0 Å². The number of nitro groups is 1. The van der Waals surface area contributed by atoms with Crippen molar-refractivity contribution in [3.05, 3.63) is 32.8 Å². The van der Waals surface area contributed by atoms with Gasteiger partial charge in [-0.3, -0.25) is 14.9 Å². The number of carbonyl (C=O) groups excluding carboxylic acids is 1. The van der Waals surface area contributed by atoms with Crippen molar-refractivity contribution in [2.24, 2.45) is 11.1 Å². The summed E-state index contributed by atoms with van der Waals surface area (Å²) in [6.45, 7) is 7.22. The lowest BCUT2D eigenvalue weighted by Crippen LogP contribution is -2.45. The largest absolute Gasteiger partial charge is 0.324 e. The highest BCUT2D eigenvalue weighted by Gasteiger charge is 2.28. The van der Waals surface area contributed by atoms with Crippen LogP contribution < -0.4 is 11.1 Å². The molecule has 110 valence electrons. The zero-order valence-corrected chi connectivity index (χ0v) is 12.6. The first-order valence-corrected chi connectivity index (χ1v) is 6.43. The van der Waals surface area contributed by atoms with Crippen LogP contribution in [-0.2, 0) is 4.79 Å². The highest BCUT2D eigenvalue weighted by molar-refractivity contribution is 6.33. The summed E-state index contributed by atoms with van der Waals surface area (Å²) in [4.78, 5) is 22.2. The molecule has 0 radical (unpaired) electrons. The number of nitro benzene ring substituents is 1. The first kappa shape index (κ1) is 16.4. The maximum atomic E-state index is 12.0. The normalized spacial score (nSPS) is 12.9. The number of rotatable bonds is 3. The van der Waals surface area contributed by atoms with Crippen LogP contribution in [0.3, 0.4) is 0 Å². The van der Waals surface area contributed by atoms with Crippen molar-refractivity contribution >= 4 is 28.9 Å². The van der Waals surface area contributed by atoms with Crippen LogP contribution in [0, 0.1) is 22.5 Å². The minimum atomic E-state index is -0.698. The first-order valence-electron chi connectivity index (χ1n) is 6.05. The fraction of sp³-hybridized carbons (Fsp3) is 0.462. The third-order valence-corrected chi connectivity index (χ3v) is 3.27. The molecule has 0 fully saturated rings. The van der Waals surface area contributed by atoms with Gasteiger partial charge in [0.2, 0.25) is 5.91 Å². The molecule has 0 saturated carbocycles. The van der Waals surface area contributed by atoms with Gasteiger partial charge >= 0.3 is 0 Å². The third-order valence-electron chi connectivity index (χ3n) is 2.96. The van der Waals surface area contributed by atoms with Crippen LogP contribution in [0.2, 0.25) is 5.02 Å². The molecule has 0 aliphatic rings. The van der Waals surface area contributed by atoms with Crippen molar-refractivity contribution in [3.8, 4) is 0 Å². The Morgan fingerprint density at radius 1 is 1.45 bits per heavy atom. The molecule has 0 unspecified atom stereocenters. The molecule has 0 aliphatic carbocycles. The minimum Gasteiger partial charge on any atom is -0.324 e. The Balaban J connectivity index is 3.03. The summed E-state index contributed by atoms with van der Waals surface area (Å²) >= 11 is 5.83. The number of carbonyl (C=O) groups is 1. The molecule has 1 amide bonds. The summed E-state index contributed by atoms with van der Waals surface area (Å²) in [5, 5.41) is 13.4. The lowest BCUT2D eigenvalue weighted by atomic mass is 9.87. The van der Waals surface area contributed by atoms with Crippen molar-refractivity contribution in [2.45, 2.75) is 33.7 Å². The molecule has 7 heteroatoms. The predicted octanol–water partition coefficient (Wildman–Crippen LogP) is 2.87. The quantitative estimate of drug-likeness (QED) is 0.662. The highest BCUT2D eigenvalue weighted by Crippen LogP contribution is 2.31. The van der Waals surface area contributed by atoms with E-state index in [1.54, 1.807) is 6.92 Å². The molecule has 1 aromatic carbocycles. The van der Waals surface area contributed by atoms with Crippen LogP contribution in [-0.4, -0.2) is 16.9 Å². The average Bonchev–Trinajstić information content (AvgIpc) is 2.30. The van der Waals surface area contributed by atoms with Crippen LogP contribution in [0.25, 0.3) is 0 Å². The Morgan fingerprint density at radius 2 is 2.00 bits per heavy atom. The maximum absolute atomic E-state index is 12.0. The van der Waals surface area contributed by atoms with Crippen LogP contribution in [0.4, 0.5) is 11.4 Å². The van der Waals surface area contributed by atoms with Gasteiger partial charge in [-0.15, -0.1) is 0 Å². The second kappa shape index (κ2) is 5.76. The summed E-state index contributed by atoms with van der Waals surface area (Å²) in [6.07, 6.45) is 0. The van der Waals surface area contributed by atoms with E-state index >= 15 is 0 Å². The fourth-order valence-corrected chi connectivity index (χ4v) is 1.78. The topological polar surface area (TPSA) is 98.3 Å². The first-order chi connectivity index (χ1) is 9.04. The number of amides is 1. The number of anilines is 1. The number of hydrogen-bond donors (Lipinski definition) is 2. The third kappa shape index (κ3) is 3.68. The van der Waals surface area contributed by atoms with Crippen molar-refractivity contribution < 1.29 is 9.72 Å². The number of hydrogen-bond acceptors (Lipinski definition) is 4. The molecule has 0 aliphatic heterocycles. The average molecular weight is 300 g/mol. The molecular formula is C13H18ClN3O3. The van der Waals surface area contributed by atoms with Gasteiger partial charge < -0.3 is 11.1 Å². The van der Waals surface area contributed by atoms with Crippen molar-refractivity contribution in [3.63, 3.8) is 0 Å². The lowest BCUT2D eigenvalue weighted by molar-refractivity contribution is -0.384. The lowest BCUT2D eigenvalue weighted by Gasteiger charge is -2.26. The zero-order valence-electron chi connectivity index (χ0n) is 11.9. The Kier molecular flexibility index (Phi) is 4.73. The van der Waals surface area contributed by atoms with Crippen LogP contribution in [0.15, 0.2) is 12.1 Å². The molecule has 1 rings (SSSR count). The molecule has 0 spiro atoms. The summed E-state index contributed by atoms with van der Waals surface area (Å²) in [5.41, 5.74) is 6.25. The standard InChI is InChI=1S/C13H18ClN3O3/c1-7-5-10(17(19)20)8(14)6-9(7)16-12(18)11(15)13(2,3)4/h5-6,11H,15H2,1-4H3,(H,16,18)/t11-/m0/s1. The van der Waals surface area contributed by atoms with E-state index in [0.717, 1.165) is 0 Å². The van der Waals surface area contributed by atoms with E-state index in [9.17, 15) is 14.9 Å². The van der Waals surface area contributed by atoms with Gasteiger partial charge in [0.15, 0.2) is 0 Å². The number of nitrogens with zero attached hydrogens (tertiary/aromatic N) is 1. The van der Waals surface area contributed by atoms with E-state index in [0.29, 0.717) is 11.3 Å². The van der Waals surface area contributed by atoms with E-state index in [2.05, 4.69) is 5.32 Å². The Morgan fingerprint density at radius 3 is 2.45 bits per heavy atom. The van der Waals surface area contributed by atoms with Gasteiger partial charge in [-0.25, -0.2) is 0 Å². The smallest absolute Gasteiger partial charge is 0.288 e. The summed E-state index contributed by atoms with van der Waals surface area (Å²) in [5.74, 6) is -0.356. The summed E-state index contributed by atoms with van der Waals surface area (Å²) in [7, 11) is 0. The van der Waals surface area contributed by atoms with Gasteiger partial charge in [0.25, 0.3) is 5.69 Å². The second-order valence-electron chi connectivity index (χ2n) is 5.71. The molecule has 6 nitrogen and oxygen atoms in total. The van der Waals surface area contributed by atoms with Gasteiger partial charge in [-0.1, -0.05) is 32.4 Å². The van der Waals surface area contributed by atoms with Crippen molar-refractivity contribution in [1.82, 2.24) is 0 Å². The highest BCUT2D eigenvalue weighted by atomic mass is 35.5. The Bertz CT molecular complexity index is 553. The molecule has 0 bridgehead atoms. The molecule has 20 heavy (non-hydrogen) atoms. The second-order valence-corrected chi connectivity index (χ2v) is 6.12. The van der Waals surface area contributed by atoms with E-state index < -0.39 is 11.0 Å². The monoisotopic (exact) mass is 299 g/mol. The number of nitrogens with one attached hydrogen (secondary N) is 1. The maximum Gasteiger partial charge on any atom is 0.288 e.